The van der Waals surface area contributed by atoms with Crippen molar-refractivity contribution >= 4 is 34.6 Å². The van der Waals surface area contributed by atoms with Crippen molar-refractivity contribution in [2.75, 3.05) is 5.73 Å². The van der Waals surface area contributed by atoms with Crippen LogP contribution in [-0.2, 0) is 6.61 Å². The van der Waals surface area contributed by atoms with E-state index in [1.807, 2.05) is 6.07 Å². The van der Waals surface area contributed by atoms with Crippen molar-refractivity contribution in [2.24, 2.45) is 0 Å². The van der Waals surface area contributed by atoms with Gasteiger partial charge in [0, 0.05) is 17.2 Å². The Labute approximate surface area is 125 Å². The summed E-state index contributed by atoms with van der Waals surface area (Å²) in [5.74, 6) is 0.287. The van der Waals surface area contributed by atoms with E-state index in [1.165, 1.54) is 12.1 Å². The minimum absolute atomic E-state index is 0.000457. The number of nitro benzene ring substituents is 1. The first-order valence-corrected chi connectivity index (χ1v) is 6.33. The summed E-state index contributed by atoms with van der Waals surface area (Å²) in [5, 5.41) is 11.4. The molecule has 0 aliphatic carbocycles. The van der Waals surface area contributed by atoms with Crippen molar-refractivity contribution in [1.29, 1.82) is 0 Å². The van der Waals surface area contributed by atoms with Gasteiger partial charge in [-0.2, -0.15) is 0 Å². The average molecular weight is 313 g/mol. The molecule has 0 heterocycles. The first-order chi connectivity index (χ1) is 9.47. The second-order valence-electron chi connectivity index (χ2n) is 4.02. The van der Waals surface area contributed by atoms with E-state index >= 15 is 0 Å². The number of nitro groups is 1. The summed E-state index contributed by atoms with van der Waals surface area (Å²) in [6.07, 6.45) is 0. The molecule has 0 saturated heterocycles. The molecule has 20 heavy (non-hydrogen) atoms. The molecule has 2 rings (SSSR count). The molecule has 5 nitrogen and oxygen atoms in total. The number of nitrogens with two attached hydrogens (primary N) is 1. The van der Waals surface area contributed by atoms with E-state index in [2.05, 4.69) is 0 Å². The van der Waals surface area contributed by atoms with Crippen LogP contribution in [0.2, 0.25) is 10.0 Å². The fourth-order valence-electron chi connectivity index (χ4n) is 1.62. The standard InChI is InChI=1S/C13H10Cl2N2O3/c14-9-3-1-2-8(4-9)7-20-13-6-11(16)12(17(18)19)5-10(13)15/h1-6H,7,16H2. The van der Waals surface area contributed by atoms with Crippen LogP contribution in [0.3, 0.4) is 0 Å². The van der Waals surface area contributed by atoms with Gasteiger partial charge in [-0.15, -0.1) is 0 Å². The highest BCUT2D eigenvalue weighted by Gasteiger charge is 2.16. The Morgan fingerprint density at radius 1 is 1.25 bits per heavy atom. The number of hydrogen-bond donors (Lipinski definition) is 1. The molecule has 0 spiro atoms. The second kappa shape index (κ2) is 5.98. The molecule has 0 aromatic heterocycles. The monoisotopic (exact) mass is 312 g/mol. The zero-order chi connectivity index (χ0) is 14.7. The van der Waals surface area contributed by atoms with Crippen LogP contribution in [-0.4, -0.2) is 4.92 Å². The Kier molecular flexibility index (Phi) is 4.32. The molecule has 0 saturated carbocycles. The average Bonchev–Trinajstić information content (AvgIpc) is 2.39. The Hall–Kier alpha value is -1.98. The van der Waals surface area contributed by atoms with E-state index in [-0.39, 0.29) is 28.8 Å². The van der Waals surface area contributed by atoms with Crippen LogP contribution >= 0.6 is 23.2 Å². The predicted octanol–water partition coefficient (Wildman–Crippen LogP) is 4.06. The van der Waals surface area contributed by atoms with Crippen molar-refractivity contribution < 1.29 is 9.66 Å². The maximum absolute atomic E-state index is 10.7. The predicted molar refractivity (Wildman–Crippen MR) is 78.3 cm³/mol. The van der Waals surface area contributed by atoms with E-state index in [0.29, 0.717) is 5.02 Å². The molecule has 0 fully saturated rings. The first-order valence-electron chi connectivity index (χ1n) is 5.58. The lowest BCUT2D eigenvalue weighted by atomic mass is 10.2. The second-order valence-corrected chi connectivity index (χ2v) is 4.86. The minimum atomic E-state index is -0.595. The molecule has 0 radical (unpaired) electrons. The molecule has 0 aliphatic heterocycles. The van der Waals surface area contributed by atoms with E-state index in [1.54, 1.807) is 18.2 Å². The quantitative estimate of drug-likeness (QED) is 0.524. The number of anilines is 1. The molecule has 104 valence electrons. The lowest BCUT2D eigenvalue weighted by Crippen LogP contribution is -2.00. The topological polar surface area (TPSA) is 78.4 Å². The Bertz CT molecular complexity index is 662. The lowest BCUT2D eigenvalue weighted by molar-refractivity contribution is -0.383. The van der Waals surface area contributed by atoms with Crippen molar-refractivity contribution in [3.05, 3.63) is 62.1 Å². The van der Waals surface area contributed by atoms with Gasteiger partial charge in [-0.25, -0.2) is 0 Å². The summed E-state index contributed by atoms with van der Waals surface area (Å²) < 4.78 is 5.50. The summed E-state index contributed by atoms with van der Waals surface area (Å²) in [4.78, 5) is 10.1. The van der Waals surface area contributed by atoms with Crippen molar-refractivity contribution in [2.45, 2.75) is 6.61 Å². The van der Waals surface area contributed by atoms with Gasteiger partial charge >= 0.3 is 0 Å². The summed E-state index contributed by atoms with van der Waals surface area (Å²) in [5.41, 5.74) is 6.19. The number of benzene rings is 2. The maximum Gasteiger partial charge on any atom is 0.293 e. The van der Waals surface area contributed by atoms with Crippen molar-refractivity contribution in [1.82, 2.24) is 0 Å². The van der Waals surface area contributed by atoms with Crippen molar-refractivity contribution in [3.8, 4) is 5.75 Å². The smallest absolute Gasteiger partial charge is 0.293 e. The molecule has 2 aromatic carbocycles. The summed E-state index contributed by atoms with van der Waals surface area (Å²) in [6, 6.07) is 9.66. The van der Waals surface area contributed by atoms with E-state index < -0.39 is 4.92 Å². The van der Waals surface area contributed by atoms with Crippen LogP contribution < -0.4 is 10.5 Å². The molecule has 7 heteroatoms. The number of hydrogen-bond acceptors (Lipinski definition) is 4. The zero-order valence-corrected chi connectivity index (χ0v) is 11.7. The first kappa shape index (κ1) is 14.4. The highest BCUT2D eigenvalue weighted by Crippen LogP contribution is 2.34. The van der Waals surface area contributed by atoms with Gasteiger partial charge in [-0.3, -0.25) is 10.1 Å². The Morgan fingerprint density at radius 2 is 2.00 bits per heavy atom. The van der Waals surface area contributed by atoms with Gasteiger partial charge in [-0.05, 0) is 17.7 Å². The summed E-state index contributed by atoms with van der Waals surface area (Å²) in [6.45, 7) is 0.234. The largest absolute Gasteiger partial charge is 0.487 e. The van der Waals surface area contributed by atoms with Crippen molar-refractivity contribution in [3.63, 3.8) is 0 Å². The molecule has 2 N–H and O–H groups in total. The fourth-order valence-corrected chi connectivity index (χ4v) is 2.04. The molecular formula is C13H10Cl2N2O3. The third kappa shape index (κ3) is 3.31. The van der Waals surface area contributed by atoms with E-state index in [9.17, 15) is 10.1 Å². The maximum atomic E-state index is 10.7. The molecule has 0 bridgehead atoms. The van der Waals surface area contributed by atoms with Gasteiger partial charge in [-0.1, -0.05) is 35.3 Å². The lowest BCUT2D eigenvalue weighted by Gasteiger charge is -2.09. The third-order valence-electron chi connectivity index (χ3n) is 2.56. The normalized spacial score (nSPS) is 10.3. The SMILES string of the molecule is Nc1cc(OCc2cccc(Cl)c2)c(Cl)cc1[N+](=O)[O-]. The molecule has 0 aliphatic rings. The third-order valence-corrected chi connectivity index (χ3v) is 3.09. The molecule has 0 amide bonds. The van der Waals surface area contributed by atoms with E-state index in [4.69, 9.17) is 33.7 Å². The number of ether oxygens (including phenoxy) is 1. The van der Waals surface area contributed by atoms with E-state index in [0.717, 1.165) is 5.56 Å². The number of rotatable bonds is 4. The van der Waals surface area contributed by atoms with Crippen LogP contribution in [0.25, 0.3) is 0 Å². The summed E-state index contributed by atoms with van der Waals surface area (Å²) in [7, 11) is 0. The van der Waals surface area contributed by atoms with Crippen LogP contribution in [0.4, 0.5) is 11.4 Å². The zero-order valence-electron chi connectivity index (χ0n) is 10.2. The Balaban J connectivity index is 2.18. The van der Waals surface area contributed by atoms with Gasteiger partial charge in [0.2, 0.25) is 0 Å². The minimum Gasteiger partial charge on any atom is -0.487 e. The van der Waals surface area contributed by atoms with Gasteiger partial charge in [0.25, 0.3) is 5.69 Å². The molecule has 0 unspecified atom stereocenters. The highest BCUT2D eigenvalue weighted by molar-refractivity contribution is 6.32. The highest BCUT2D eigenvalue weighted by atomic mass is 35.5. The van der Waals surface area contributed by atoms with Gasteiger partial charge in [0.15, 0.2) is 0 Å². The summed E-state index contributed by atoms with van der Waals surface area (Å²) >= 11 is 11.8. The van der Waals surface area contributed by atoms with Crippen LogP contribution in [0.5, 0.6) is 5.75 Å². The van der Waals surface area contributed by atoms with Gasteiger partial charge < -0.3 is 10.5 Å². The van der Waals surface area contributed by atoms with Crippen LogP contribution in [0.15, 0.2) is 36.4 Å². The van der Waals surface area contributed by atoms with Crippen LogP contribution in [0, 0.1) is 10.1 Å². The molecule has 0 atom stereocenters. The van der Waals surface area contributed by atoms with Gasteiger partial charge in [0.05, 0.1) is 9.95 Å². The molecule has 2 aromatic rings. The number of nitrogen functional groups attached to an aromatic ring is 1. The number of halogens is 2. The van der Waals surface area contributed by atoms with Crippen LogP contribution in [0.1, 0.15) is 5.56 Å². The molecular weight excluding hydrogens is 303 g/mol. The number of nitrogens with zero attached hydrogens (tertiary/aromatic N) is 1. The Morgan fingerprint density at radius 3 is 2.65 bits per heavy atom. The fraction of sp³-hybridized carbons (Fsp3) is 0.0769. The van der Waals surface area contributed by atoms with Gasteiger partial charge in [0.1, 0.15) is 18.0 Å².